The SMILES string of the molecule is CN(CC(=O)O)C(=O)CC1(NC(=O)OCC2c3ccccc3-c3ccccc32)CCCCC1. The second-order valence-corrected chi connectivity index (χ2v) is 9.11. The Morgan fingerprint density at radius 2 is 1.58 bits per heavy atom. The summed E-state index contributed by atoms with van der Waals surface area (Å²) in [5.74, 6) is -1.39. The van der Waals surface area contributed by atoms with E-state index in [-0.39, 0.29) is 31.4 Å². The Bertz CT molecular complexity index is 999. The third-order valence-corrected chi connectivity index (χ3v) is 6.81. The lowest BCUT2D eigenvalue weighted by Crippen LogP contribution is -2.53. The number of hydrogen-bond donors (Lipinski definition) is 2. The van der Waals surface area contributed by atoms with Gasteiger partial charge in [0.25, 0.3) is 0 Å². The van der Waals surface area contributed by atoms with Gasteiger partial charge in [0.05, 0.1) is 12.0 Å². The molecule has 2 aromatic rings. The number of likely N-dealkylation sites (N-methyl/N-ethyl adjacent to an activating group) is 1. The molecule has 0 radical (unpaired) electrons. The number of carbonyl (C=O) groups is 3. The molecule has 2 N–H and O–H groups in total. The highest BCUT2D eigenvalue weighted by Gasteiger charge is 2.38. The highest BCUT2D eigenvalue weighted by atomic mass is 16.5. The van der Waals surface area contributed by atoms with E-state index in [4.69, 9.17) is 9.84 Å². The Kier molecular flexibility index (Phi) is 6.67. The molecule has 2 amide bonds. The number of fused-ring (bicyclic) bond motifs is 3. The Balaban J connectivity index is 1.43. The molecule has 7 nitrogen and oxygen atoms in total. The predicted molar refractivity (Wildman–Crippen MR) is 124 cm³/mol. The molecule has 2 aliphatic carbocycles. The van der Waals surface area contributed by atoms with Gasteiger partial charge < -0.3 is 20.1 Å². The van der Waals surface area contributed by atoms with E-state index < -0.39 is 17.6 Å². The summed E-state index contributed by atoms with van der Waals surface area (Å²) < 4.78 is 5.71. The fraction of sp³-hybridized carbons (Fsp3) is 0.423. The molecule has 2 aliphatic rings. The molecule has 0 saturated heterocycles. The first-order valence-corrected chi connectivity index (χ1v) is 11.5. The van der Waals surface area contributed by atoms with Crippen molar-refractivity contribution in [1.82, 2.24) is 10.2 Å². The van der Waals surface area contributed by atoms with Gasteiger partial charge in [-0.25, -0.2) is 4.79 Å². The Morgan fingerprint density at radius 3 is 2.15 bits per heavy atom. The van der Waals surface area contributed by atoms with Crippen LogP contribution in [0.4, 0.5) is 4.79 Å². The number of alkyl carbamates (subject to hydrolysis) is 1. The number of carboxylic acid groups (broad SMARTS) is 1. The quantitative estimate of drug-likeness (QED) is 0.660. The third kappa shape index (κ3) is 5.02. The van der Waals surface area contributed by atoms with Crippen LogP contribution in [0.3, 0.4) is 0 Å². The molecule has 0 heterocycles. The zero-order chi connectivity index (χ0) is 23.4. The zero-order valence-electron chi connectivity index (χ0n) is 18.9. The van der Waals surface area contributed by atoms with E-state index in [9.17, 15) is 14.4 Å². The molecule has 0 bridgehead atoms. The average molecular weight is 451 g/mol. The van der Waals surface area contributed by atoms with Crippen LogP contribution in [0.5, 0.6) is 0 Å². The molecular weight excluding hydrogens is 420 g/mol. The average Bonchev–Trinajstić information content (AvgIpc) is 3.11. The van der Waals surface area contributed by atoms with Gasteiger partial charge in [-0.1, -0.05) is 67.8 Å². The monoisotopic (exact) mass is 450 g/mol. The van der Waals surface area contributed by atoms with Crippen molar-refractivity contribution in [3.05, 3.63) is 59.7 Å². The van der Waals surface area contributed by atoms with Gasteiger partial charge in [-0.2, -0.15) is 0 Å². The van der Waals surface area contributed by atoms with Crippen molar-refractivity contribution < 1.29 is 24.2 Å². The summed E-state index contributed by atoms with van der Waals surface area (Å²) in [6.07, 6.45) is 3.73. The highest BCUT2D eigenvalue weighted by molar-refractivity contribution is 5.83. The fourth-order valence-electron chi connectivity index (χ4n) is 5.14. The predicted octanol–water partition coefficient (Wildman–Crippen LogP) is 4.16. The van der Waals surface area contributed by atoms with Crippen molar-refractivity contribution in [2.24, 2.45) is 0 Å². The van der Waals surface area contributed by atoms with Crippen LogP contribution in [-0.4, -0.2) is 53.7 Å². The van der Waals surface area contributed by atoms with Gasteiger partial charge in [0.15, 0.2) is 0 Å². The standard InChI is InChI=1S/C26H30N2O5/c1-28(16-24(30)31)23(29)15-26(13-7-2-8-14-26)27-25(32)33-17-22-20-11-5-3-9-18(20)19-10-4-6-12-21(19)22/h3-6,9-12,22H,2,7-8,13-17H2,1H3,(H,27,32)(H,30,31). The Morgan fingerprint density at radius 1 is 1.00 bits per heavy atom. The van der Waals surface area contributed by atoms with Gasteiger partial charge in [-0.3, -0.25) is 9.59 Å². The number of carbonyl (C=O) groups excluding carboxylic acids is 2. The number of rotatable bonds is 7. The summed E-state index contributed by atoms with van der Waals surface area (Å²) in [4.78, 5) is 37.7. The Labute approximate surface area is 193 Å². The largest absolute Gasteiger partial charge is 0.480 e. The van der Waals surface area contributed by atoms with Crippen LogP contribution in [0.25, 0.3) is 11.1 Å². The van der Waals surface area contributed by atoms with E-state index in [1.54, 1.807) is 0 Å². The lowest BCUT2D eigenvalue weighted by molar-refractivity contribution is -0.144. The number of ether oxygens (including phenoxy) is 1. The number of aliphatic carboxylic acids is 1. The molecule has 0 unspecified atom stereocenters. The number of hydrogen-bond acceptors (Lipinski definition) is 4. The molecule has 7 heteroatoms. The number of nitrogens with one attached hydrogen (secondary N) is 1. The number of amides is 2. The van der Waals surface area contributed by atoms with Crippen molar-refractivity contribution in [2.45, 2.75) is 50.0 Å². The minimum Gasteiger partial charge on any atom is -0.480 e. The van der Waals surface area contributed by atoms with Crippen LogP contribution < -0.4 is 5.32 Å². The van der Waals surface area contributed by atoms with Gasteiger partial charge in [-0.15, -0.1) is 0 Å². The molecule has 0 spiro atoms. The highest BCUT2D eigenvalue weighted by Crippen LogP contribution is 2.44. The van der Waals surface area contributed by atoms with Crippen LogP contribution in [0.15, 0.2) is 48.5 Å². The van der Waals surface area contributed by atoms with E-state index in [2.05, 4.69) is 29.6 Å². The van der Waals surface area contributed by atoms with E-state index in [1.165, 1.54) is 11.9 Å². The van der Waals surface area contributed by atoms with Gasteiger partial charge >= 0.3 is 12.1 Å². The number of nitrogens with zero attached hydrogens (tertiary/aromatic N) is 1. The van der Waals surface area contributed by atoms with Gasteiger partial charge in [0.2, 0.25) is 5.91 Å². The molecule has 0 aromatic heterocycles. The molecule has 2 aromatic carbocycles. The lowest BCUT2D eigenvalue weighted by atomic mass is 9.79. The van der Waals surface area contributed by atoms with Crippen molar-refractivity contribution in [2.75, 3.05) is 20.2 Å². The van der Waals surface area contributed by atoms with Crippen molar-refractivity contribution in [1.29, 1.82) is 0 Å². The van der Waals surface area contributed by atoms with Crippen LogP contribution >= 0.6 is 0 Å². The van der Waals surface area contributed by atoms with E-state index in [0.29, 0.717) is 12.8 Å². The van der Waals surface area contributed by atoms with Gasteiger partial charge in [0, 0.05) is 13.0 Å². The summed E-state index contributed by atoms with van der Waals surface area (Å²) in [7, 11) is 1.47. The molecule has 1 saturated carbocycles. The smallest absolute Gasteiger partial charge is 0.407 e. The molecule has 4 rings (SSSR count). The van der Waals surface area contributed by atoms with Crippen LogP contribution in [0, 0.1) is 0 Å². The first kappa shape index (κ1) is 22.8. The van der Waals surface area contributed by atoms with Crippen LogP contribution in [0.2, 0.25) is 0 Å². The minimum atomic E-state index is -1.06. The lowest BCUT2D eigenvalue weighted by Gasteiger charge is -2.38. The minimum absolute atomic E-state index is 0.0335. The molecule has 0 aliphatic heterocycles. The number of benzene rings is 2. The summed E-state index contributed by atoms with van der Waals surface area (Å²) in [6.45, 7) is -0.150. The number of carboxylic acids is 1. The van der Waals surface area contributed by atoms with Crippen molar-refractivity contribution >= 4 is 18.0 Å². The summed E-state index contributed by atoms with van der Waals surface area (Å²) in [5.41, 5.74) is 3.91. The first-order chi connectivity index (χ1) is 15.9. The van der Waals surface area contributed by atoms with Crippen molar-refractivity contribution in [3.63, 3.8) is 0 Å². The molecular formula is C26H30N2O5. The summed E-state index contributed by atoms with van der Waals surface area (Å²) >= 11 is 0. The summed E-state index contributed by atoms with van der Waals surface area (Å²) in [5, 5.41) is 12.0. The maximum absolute atomic E-state index is 12.9. The van der Waals surface area contributed by atoms with Crippen molar-refractivity contribution in [3.8, 4) is 11.1 Å². The van der Waals surface area contributed by atoms with E-state index >= 15 is 0 Å². The Hall–Kier alpha value is -3.35. The first-order valence-electron chi connectivity index (χ1n) is 11.5. The van der Waals surface area contributed by atoms with Crippen LogP contribution in [0.1, 0.15) is 55.6 Å². The third-order valence-electron chi connectivity index (χ3n) is 6.81. The van der Waals surface area contributed by atoms with Gasteiger partial charge in [0.1, 0.15) is 13.2 Å². The zero-order valence-corrected chi connectivity index (χ0v) is 18.9. The van der Waals surface area contributed by atoms with E-state index in [1.807, 2.05) is 24.3 Å². The van der Waals surface area contributed by atoms with Crippen LogP contribution in [-0.2, 0) is 14.3 Å². The van der Waals surface area contributed by atoms with Gasteiger partial charge in [-0.05, 0) is 35.1 Å². The maximum Gasteiger partial charge on any atom is 0.407 e. The fourth-order valence-corrected chi connectivity index (χ4v) is 5.14. The summed E-state index contributed by atoms with van der Waals surface area (Å²) in [6, 6.07) is 16.3. The second kappa shape index (κ2) is 9.65. The maximum atomic E-state index is 12.9. The molecule has 1 fully saturated rings. The van der Waals surface area contributed by atoms with E-state index in [0.717, 1.165) is 41.5 Å². The second-order valence-electron chi connectivity index (χ2n) is 9.11. The molecule has 0 atom stereocenters. The topological polar surface area (TPSA) is 95.9 Å². The normalized spacial score (nSPS) is 16.4. The molecule has 33 heavy (non-hydrogen) atoms. The molecule has 174 valence electrons.